The molecular weight excluding hydrogens is 887 g/mol. The second-order valence-corrected chi connectivity index (χ2v) is 31.9. The van der Waals surface area contributed by atoms with E-state index < -0.39 is 86.2 Å². The second-order valence-electron chi connectivity index (χ2n) is 17.8. The van der Waals surface area contributed by atoms with Crippen LogP contribution in [0.15, 0.2) is 78.9 Å². The van der Waals surface area contributed by atoms with Gasteiger partial charge in [-0.15, -0.1) is 0 Å². The van der Waals surface area contributed by atoms with Crippen LogP contribution in [0, 0.1) is 0 Å². The van der Waals surface area contributed by atoms with Crippen molar-refractivity contribution in [2.75, 3.05) is 20.3 Å². The van der Waals surface area contributed by atoms with Crippen LogP contribution >= 0.6 is 0 Å². The highest BCUT2D eigenvalue weighted by Gasteiger charge is 2.55. The molecule has 1 amide bonds. The average molecular weight is 964 g/mol. The van der Waals surface area contributed by atoms with Crippen molar-refractivity contribution < 1.29 is 51.3 Å². The molecule has 1 fully saturated rings. The summed E-state index contributed by atoms with van der Waals surface area (Å²) in [4.78, 5) is 41.4. The fourth-order valence-electron chi connectivity index (χ4n) is 9.68. The molecule has 0 radical (unpaired) electrons. The van der Waals surface area contributed by atoms with Crippen LogP contribution in [0.3, 0.4) is 0 Å². The van der Waals surface area contributed by atoms with Crippen LogP contribution < -0.4 is 5.32 Å². The summed E-state index contributed by atoms with van der Waals surface area (Å²) in [6.45, 7) is 19.6. The molecule has 0 unspecified atom stereocenters. The summed E-state index contributed by atoms with van der Waals surface area (Å²) in [5.74, 6) is -1.73. The zero-order valence-electron chi connectivity index (χ0n) is 41.2. The standard InChI is InChI=1S/C51H77NO11Si3/c1-11-64(12-2,13-3)61-46-44(60-50(56-10)48(63-66(17-7,18-8)19-9)47(46)62-65(14-4,15-5)16-6)36-57-45(53)33-43(49(54)58-34-37-27-21-20-22-28-37)52-51(55)59-35-42-40-31-25-23-29-38(40)39-30-24-26-32-41(39)42/h20-32,42-44,46-48,50H,11-19,33-36H2,1-10H3,(H,52,55)/t43-,44+,46+,47-,48-,50-/m0/s1. The van der Waals surface area contributed by atoms with Gasteiger partial charge in [-0.05, 0) is 82.2 Å². The molecule has 6 atom stereocenters. The monoisotopic (exact) mass is 963 g/mol. The maximum Gasteiger partial charge on any atom is 0.407 e. The van der Waals surface area contributed by atoms with Gasteiger partial charge in [0.1, 0.15) is 50.3 Å². The van der Waals surface area contributed by atoms with Gasteiger partial charge in [-0.25, -0.2) is 9.59 Å². The highest BCUT2D eigenvalue weighted by atomic mass is 28.4. The van der Waals surface area contributed by atoms with Crippen molar-refractivity contribution in [3.05, 3.63) is 95.6 Å². The van der Waals surface area contributed by atoms with Crippen LogP contribution in [0.5, 0.6) is 0 Å². The first-order valence-electron chi connectivity index (χ1n) is 24.6. The first kappa shape index (κ1) is 53.3. The molecule has 0 bridgehead atoms. The highest BCUT2D eigenvalue weighted by molar-refractivity contribution is 6.74. The number of ether oxygens (including phenoxy) is 5. The lowest BCUT2D eigenvalue weighted by atomic mass is 9.98. The molecule has 3 aromatic rings. The summed E-state index contributed by atoms with van der Waals surface area (Å²) in [6, 6.07) is 32.1. The lowest BCUT2D eigenvalue weighted by Gasteiger charge is -2.52. The molecule has 1 aliphatic carbocycles. The van der Waals surface area contributed by atoms with Gasteiger partial charge >= 0.3 is 18.0 Å². The van der Waals surface area contributed by atoms with E-state index in [1.54, 1.807) is 7.11 Å². The Bertz CT molecular complexity index is 1920. The minimum absolute atomic E-state index is 0.0276. The molecule has 1 heterocycles. The maximum atomic E-state index is 14.0. The van der Waals surface area contributed by atoms with Gasteiger partial charge < -0.3 is 42.3 Å². The summed E-state index contributed by atoms with van der Waals surface area (Å²) < 4.78 is 52.7. The lowest BCUT2D eigenvalue weighted by molar-refractivity contribution is -0.286. The second kappa shape index (κ2) is 25.1. The molecule has 3 aromatic carbocycles. The predicted octanol–water partition coefficient (Wildman–Crippen LogP) is 11.1. The molecule has 12 nitrogen and oxygen atoms in total. The Kier molecular flexibility index (Phi) is 20.2. The maximum absolute atomic E-state index is 14.0. The number of carbonyl (C=O) groups is 3. The fraction of sp³-hybridized carbons (Fsp3) is 0.588. The van der Waals surface area contributed by atoms with E-state index in [0.717, 1.165) is 82.2 Å². The third-order valence-corrected chi connectivity index (χ3v) is 28.6. The summed E-state index contributed by atoms with van der Waals surface area (Å²) in [5.41, 5.74) is 5.03. The number of alkyl carbamates (subject to hydrolysis) is 1. The van der Waals surface area contributed by atoms with Crippen molar-refractivity contribution in [1.82, 2.24) is 5.32 Å². The van der Waals surface area contributed by atoms with Gasteiger partial charge in [0.2, 0.25) is 0 Å². The molecule has 2 aliphatic rings. The van der Waals surface area contributed by atoms with E-state index in [1.165, 1.54) is 0 Å². The van der Waals surface area contributed by atoms with Gasteiger partial charge in [-0.3, -0.25) is 4.79 Å². The van der Waals surface area contributed by atoms with E-state index in [0.29, 0.717) is 0 Å². The van der Waals surface area contributed by atoms with Crippen LogP contribution in [0.4, 0.5) is 4.79 Å². The summed E-state index contributed by atoms with van der Waals surface area (Å²) in [5, 5.41) is 2.63. The number of methoxy groups -OCH3 is 1. The Labute approximate surface area is 397 Å². The number of carbonyl (C=O) groups excluding carboxylic acids is 3. The van der Waals surface area contributed by atoms with Crippen molar-refractivity contribution in [2.45, 2.75) is 172 Å². The van der Waals surface area contributed by atoms with E-state index in [1.807, 2.05) is 66.7 Å². The van der Waals surface area contributed by atoms with Crippen LogP contribution in [-0.4, -0.2) is 100 Å². The molecule has 5 rings (SSSR count). The summed E-state index contributed by atoms with van der Waals surface area (Å²) in [7, 11) is -5.27. The normalized spacial score (nSPS) is 20.2. The first-order valence-corrected chi connectivity index (χ1v) is 32.1. The number of esters is 2. The Hall–Kier alpha value is -3.68. The van der Waals surface area contributed by atoms with E-state index in [4.69, 9.17) is 37.0 Å². The molecule has 1 aliphatic heterocycles. The molecule has 0 aromatic heterocycles. The molecule has 1 saturated heterocycles. The number of nitrogens with one attached hydrogen (secondary N) is 1. The Balaban J connectivity index is 1.40. The van der Waals surface area contributed by atoms with Gasteiger partial charge in [0.25, 0.3) is 0 Å². The number of hydrogen-bond acceptors (Lipinski definition) is 11. The van der Waals surface area contributed by atoms with Gasteiger partial charge in [-0.1, -0.05) is 141 Å². The third kappa shape index (κ3) is 12.7. The van der Waals surface area contributed by atoms with Crippen molar-refractivity contribution in [1.29, 1.82) is 0 Å². The molecule has 364 valence electrons. The van der Waals surface area contributed by atoms with E-state index in [2.05, 4.69) is 79.8 Å². The van der Waals surface area contributed by atoms with Crippen LogP contribution in [0.25, 0.3) is 11.1 Å². The number of benzene rings is 3. The van der Waals surface area contributed by atoms with Crippen molar-refractivity contribution in [3.63, 3.8) is 0 Å². The van der Waals surface area contributed by atoms with E-state index in [9.17, 15) is 14.4 Å². The van der Waals surface area contributed by atoms with Crippen LogP contribution in [0.2, 0.25) is 54.4 Å². The van der Waals surface area contributed by atoms with Crippen molar-refractivity contribution in [3.8, 4) is 11.1 Å². The largest absolute Gasteiger partial charge is 0.463 e. The Morgan fingerprint density at radius 1 is 0.576 bits per heavy atom. The van der Waals surface area contributed by atoms with Gasteiger partial charge in [0.15, 0.2) is 31.2 Å². The molecule has 15 heteroatoms. The summed E-state index contributed by atoms with van der Waals surface area (Å²) >= 11 is 0. The smallest absolute Gasteiger partial charge is 0.407 e. The van der Waals surface area contributed by atoms with Crippen LogP contribution in [-0.2, 0) is 53.2 Å². The average Bonchev–Trinajstić information content (AvgIpc) is 3.68. The quantitative estimate of drug-likeness (QED) is 0.0468. The zero-order valence-corrected chi connectivity index (χ0v) is 44.2. The minimum atomic E-state index is -2.34. The molecule has 66 heavy (non-hydrogen) atoms. The van der Waals surface area contributed by atoms with E-state index in [-0.39, 0.29) is 25.7 Å². The topological polar surface area (TPSA) is 137 Å². The van der Waals surface area contributed by atoms with Crippen LogP contribution in [0.1, 0.15) is 91.3 Å². The number of hydrogen-bond donors (Lipinski definition) is 1. The first-order chi connectivity index (χ1) is 31.9. The zero-order chi connectivity index (χ0) is 47.9. The van der Waals surface area contributed by atoms with Crippen molar-refractivity contribution >= 4 is 43.0 Å². The minimum Gasteiger partial charge on any atom is -0.463 e. The Morgan fingerprint density at radius 2 is 1.05 bits per heavy atom. The Morgan fingerprint density at radius 3 is 1.55 bits per heavy atom. The van der Waals surface area contributed by atoms with Gasteiger partial charge in [-0.2, -0.15) is 0 Å². The van der Waals surface area contributed by atoms with Gasteiger partial charge in [0, 0.05) is 13.0 Å². The number of amides is 1. The van der Waals surface area contributed by atoms with Gasteiger partial charge in [0.05, 0.1) is 6.42 Å². The highest BCUT2D eigenvalue weighted by Crippen LogP contribution is 2.45. The molecule has 1 N–H and O–H groups in total. The summed E-state index contributed by atoms with van der Waals surface area (Å²) in [6.07, 6.45) is -4.69. The predicted molar refractivity (Wildman–Crippen MR) is 266 cm³/mol. The van der Waals surface area contributed by atoms with Crippen molar-refractivity contribution in [2.24, 2.45) is 0 Å². The fourth-order valence-corrected chi connectivity index (χ4v) is 18.2. The SMILES string of the molecule is CC[Si](CC)(CC)O[C@@H]1[C@H](O[Si](CC)(CC)CC)[C@@H](OC)O[C@H](COC(=O)C[C@H](NC(=O)OCC2c3ccccc3-c3ccccc32)C(=O)OCc2ccccc2)[C@H]1O[Si](CC)(CC)CC. The van der Waals surface area contributed by atoms with E-state index >= 15 is 0 Å². The molecule has 0 spiro atoms. The lowest BCUT2D eigenvalue weighted by Crippen LogP contribution is -2.67. The number of rotatable bonds is 26. The molecule has 0 saturated carbocycles. The third-order valence-electron chi connectivity index (χ3n) is 14.7. The molecular formula is C51H77NO11Si3. The number of fused-ring (bicyclic) bond motifs is 3.